The van der Waals surface area contributed by atoms with Crippen molar-refractivity contribution in [3.05, 3.63) is 52.8 Å². The average Bonchev–Trinajstić information content (AvgIpc) is 3.31. The highest BCUT2D eigenvalue weighted by Crippen LogP contribution is 2.27. The molecule has 1 saturated heterocycles. The quantitative estimate of drug-likeness (QED) is 0.748. The molecule has 2 aliphatic heterocycles. The van der Waals surface area contributed by atoms with Crippen LogP contribution in [0, 0.1) is 5.92 Å². The van der Waals surface area contributed by atoms with Gasteiger partial charge in [0.2, 0.25) is 0 Å². The molecular weight excluding hydrogens is 352 g/mol. The fourth-order valence-electron chi connectivity index (χ4n) is 3.71. The molecule has 7 heteroatoms. The highest BCUT2D eigenvalue weighted by Gasteiger charge is 2.26. The molecule has 0 aliphatic carbocycles. The lowest BCUT2D eigenvalue weighted by molar-refractivity contribution is 0.0922. The predicted octanol–water partition coefficient (Wildman–Crippen LogP) is 2.37. The SMILES string of the molecule is Cl.O=C(NC(CC1CCOC1)c1ccccc1)c1n[nH]c2c1CNCC2. The number of nitrogens with one attached hydrogen (secondary N) is 3. The maximum atomic E-state index is 12.9. The van der Waals surface area contributed by atoms with Gasteiger partial charge in [0, 0.05) is 44.0 Å². The minimum atomic E-state index is -0.103. The van der Waals surface area contributed by atoms with Crippen molar-refractivity contribution in [1.82, 2.24) is 20.8 Å². The third kappa shape index (κ3) is 4.09. The molecule has 140 valence electrons. The predicted molar refractivity (Wildman–Crippen MR) is 101 cm³/mol. The standard InChI is InChI=1S/C19H24N4O2.ClH/c24-19(18-15-11-20-8-6-16(15)22-23-18)21-17(10-13-7-9-25-12-13)14-4-2-1-3-5-14;/h1-5,13,17,20H,6-12H2,(H,21,24)(H,22,23);1H. The molecule has 0 bridgehead atoms. The van der Waals surface area contributed by atoms with Crippen molar-refractivity contribution in [1.29, 1.82) is 0 Å². The molecule has 0 spiro atoms. The lowest BCUT2D eigenvalue weighted by Crippen LogP contribution is -2.32. The van der Waals surface area contributed by atoms with Gasteiger partial charge in [-0.05, 0) is 24.3 Å². The molecule has 1 amide bonds. The van der Waals surface area contributed by atoms with Crippen molar-refractivity contribution in [3.8, 4) is 0 Å². The lowest BCUT2D eigenvalue weighted by Gasteiger charge is -2.22. The molecule has 1 fully saturated rings. The lowest BCUT2D eigenvalue weighted by atomic mass is 9.94. The maximum Gasteiger partial charge on any atom is 0.272 e. The monoisotopic (exact) mass is 376 g/mol. The van der Waals surface area contributed by atoms with Crippen molar-refractivity contribution in [2.75, 3.05) is 19.8 Å². The highest BCUT2D eigenvalue weighted by atomic mass is 35.5. The molecule has 1 aromatic carbocycles. The zero-order valence-electron chi connectivity index (χ0n) is 14.7. The third-order valence-electron chi connectivity index (χ3n) is 5.12. The Kier molecular flexibility index (Phi) is 6.29. The largest absolute Gasteiger partial charge is 0.381 e. The number of H-pyrrole nitrogens is 1. The molecule has 4 rings (SSSR count). The van der Waals surface area contributed by atoms with Crippen LogP contribution in [0.4, 0.5) is 0 Å². The van der Waals surface area contributed by atoms with Gasteiger partial charge >= 0.3 is 0 Å². The van der Waals surface area contributed by atoms with Gasteiger partial charge in [0.1, 0.15) is 0 Å². The summed E-state index contributed by atoms with van der Waals surface area (Å²) in [5.41, 5.74) is 3.72. The molecule has 6 nitrogen and oxygen atoms in total. The summed E-state index contributed by atoms with van der Waals surface area (Å²) in [5.74, 6) is 0.384. The van der Waals surface area contributed by atoms with Crippen LogP contribution in [0.15, 0.2) is 30.3 Å². The molecule has 1 aromatic heterocycles. The summed E-state index contributed by atoms with van der Waals surface area (Å²) in [6, 6.07) is 10.1. The Labute approximate surface area is 159 Å². The number of benzene rings is 1. The Balaban J connectivity index is 0.00000196. The molecule has 2 aliphatic rings. The van der Waals surface area contributed by atoms with Crippen molar-refractivity contribution >= 4 is 18.3 Å². The van der Waals surface area contributed by atoms with Crippen LogP contribution in [0.25, 0.3) is 0 Å². The van der Waals surface area contributed by atoms with E-state index in [4.69, 9.17) is 4.74 Å². The van der Waals surface area contributed by atoms with Gasteiger partial charge in [0.15, 0.2) is 5.69 Å². The van der Waals surface area contributed by atoms with Crippen molar-refractivity contribution < 1.29 is 9.53 Å². The first-order valence-electron chi connectivity index (χ1n) is 9.01. The zero-order chi connectivity index (χ0) is 17.1. The van der Waals surface area contributed by atoms with Crippen LogP contribution in [0.1, 0.15) is 46.2 Å². The Morgan fingerprint density at radius 1 is 1.35 bits per heavy atom. The number of aromatic nitrogens is 2. The van der Waals surface area contributed by atoms with E-state index in [1.165, 1.54) is 0 Å². The average molecular weight is 377 g/mol. The molecule has 0 radical (unpaired) electrons. The van der Waals surface area contributed by atoms with Gasteiger partial charge in [0.25, 0.3) is 5.91 Å². The summed E-state index contributed by atoms with van der Waals surface area (Å²) in [4.78, 5) is 12.9. The van der Waals surface area contributed by atoms with E-state index in [9.17, 15) is 4.79 Å². The van der Waals surface area contributed by atoms with E-state index in [2.05, 4.69) is 33.0 Å². The number of hydrogen-bond acceptors (Lipinski definition) is 4. The Morgan fingerprint density at radius 3 is 2.96 bits per heavy atom. The van der Waals surface area contributed by atoms with Crippen LogP contribution in [-0.4, -0.2) is 35.9 Å². The van der Waals surface area contributed by atoms with E-state index in [1.807, 2.05) is 18.2 Å². The van der Waals surface area contributed by atoms with Crippen LogP contribution in [0.5, 0.6) is 0 Å². The number of ether oxygens (including phenoxy) is 1. The summed E-state index contributed by atoms with van der Waals surface area (Å²) in [6.45, 7) is 3.21. The van der Waals surface area contributed by atoms with Crippen LogP contribution in [0.2, 0.25) is 0 Å². The fourth-order valence-corrected chi connectivity index (χ4v) is 3.71. The second-order valence-electron chi connectivity index (χ2n) is 6.86. The number of halogens is 1. The normalized spacial score (nSPS) is 20.1. The number of carbonyl (C=O) groups excluding carboxylic acids is 1. The van der Waals surface area contributed by atoms with Crippen LogP contribution >= 0.6 is 12.4 Å². The first kappa shape index (κ1) is 18.9. The number of amides is 1. The number of aromatic amines is 1. The van der Waals surface area contributed by atoms with Gasteiger partial charge in [-0.25, -0.2) is 0 Å². The third-order valence-corrected chi connectivity index (χ3v) is 5.12. The number of hydrogen-bond donors (Lipinski definition) is 3. The minimum absolute atomic E-state index is 0. The van der Waals surface area contributed by atoms with Crippen molar-refractivity contribution in [3.63, 3.8) is 0 Å². The summed E-state index contributed by atoms with van der Waals surface area (Å²) in [7, 11) is 0. The molecule has 2 aromatic rings. The first-order chi connectivity index (χ1) is 12.3. The summed E-state index contributed by atoms with van der Waals surface area (Å²) in [5, 5.41) is 13.8. The van der Waals surface area contributed by atoms with Crippen LogP contribution in [0.3, 0.4) is 0 Å². The first-order valence-corrected chi connectivity index (χ1v) is 9.01. The van der Waals surface area contributed by atoms with Crippen molar-refractivity contribution in [2.24, 2.45) is 5.92 Å². The molecule has 26 heavy (non-hydrogen) atoms. The number of fused-ring (bicyclic) bond motifs is 1. The molecule has 2 unspecified atom stereocenters. The Bertz CT molecular complexity index is 728. The fraction of sp³-hybridized carbons (Fsp3) is 0.474. The van der Waals surface area contributed by atoms with Crippen LogP contribution in [-0.2, 0) is 17.7 Å². The topological polar surface area (TPSA) is 79.0 Å². The van der Waals surface area contributed by atoms with Crippen molar-refractivity contribution in [2.45, 2.75) is 31.8 Å². The van der Waals surface area contributed by atoms with Gasteiger partial charge in [-0.2, -0.15) is 5.10 Å². The second kappa shape index (κ2) is 8.66. The smallest absolute Gasteiger partial charge is 0.272 e. The van der Waals surface area contributed by atoms with E-state index >= 15 is 0 Å². The van der Waals surface area contributed by atoms with Gasteiger partial charge < -0.3 is 15.4 Å². The number of carbonyl (C=O) groups is 1. The highest BCUT2D eigenvalue weighted by molar-refractivity contribution is 5.94. The van der Waals surface area contributed by atoms with E-state index < -0.39 is 0 Å². The number of rotatable bonds is 5. The van der Waals surface area contributed by atoms with E-state index in [0.717, 1.165) is 55.8 Å². The molecule has 3 N–H and O–H groups in total. The molecule has 2 atom stereocenters. The zero-order valence-corrected chi connectivity index (χ0v) is 15.5. The second-order valence-corrected chi connectivity index (χ2v) is 6.86. The summed E-state index contributed by atoms with van der Waals surface area (Å²) in [6.07, 6.45) is 2.83. The minimum Gasteiger partial charge on any atom is -0.381 e. The van der Waals surface area contributed by atoms with Gasteiger partial charge in [-0.3, -0.25) is 9.89 Å². The van der Waals surface area contributed by atoms with E-state index in [0.29, 0.717) is 18.2 Å². The Morgan fingerprint density at radius 2 is 2.19 bits per heavy atom. The maximum absolute atomic E-state index is 12.9. The van der Waals surface area contributed by atoms with E-state index in [-0.39, 0.29) is 24.4 Å². The van der Waals surface area contributed by atoms with Crippen LogP contribution < -0.4 is 10.6 Å². The number of nitrogens with zero attached hydrogens (tertiary/aromatic N) is 1. The van der Waals surface area contributed by atoms with Gasteiger partial charge in [-0.15, -0.1) is 12.4 Å². The van der Waals surface area contributed by atoms with E-state index in [1.54, 1.807) is 0 Å². The van der Waals surface area contributed by atoms with Gasteiger partial charge in [-0.1, -0.05) is 30.3 Å². The summed E-state index contributed by atoms with van der Waals surface area (Å²) < 4.78 is 5.51. The van der Waals surface area contributed by atoms with Gasteiger partial charge in [0.05, 0.1) is 6.04 Å². The summed E-state index contributed by atoms with van der Waals surface area (Å²) >= 11 is 0. The molecule has 3 heterocycles. The molecular formula is C19H25ClN4O2. The Hall–Kier alpha value is -1.89. The molecule has 0 saturated carbocycles.